The van der Waals surface area contributed by atoms with Crippen LogP contribution in [0.25, 0.3) is 0 Å². The van der Waals surface area contributed by atoms with Crippen LogP contribution in [-0.2, 0) is 27.2 Å². The molecule has 1 unspecified atom stereocenters. The lowest BCUT2D eigenvalue weighted by atomic mass is 10.00. The van der Waals surface area contributed by atoms with Gasteiger partial charge in [-0.25, -0.2) is 0 Å². The lowest BCUT2D eigenvalue weighted by molar-refractivity contribution is 0.178. The second-order valence-electron chi connectivity index (χ2n) is 6.55. The molecule has 8 nitrogen and oxygen atoms in total. The van der Waals surface area contributed by atoms with Crippen LogP contribution in [0.2, 0.25) is 0 Å². The maximum absolute atomic E-state index is 13.9. The predicted octanol–water partition coefficient (Wildman–Crippen LogP) is 6.12. The van der Waals surface area contributed by atoms with Gasteiger partial charge in [0.1, 0.15) is 6.04 Å². The third-order valence-corrected chi connectivity index (χ3v) is 11.3. The highest BCUT2D eigenvalue weighted by Crippen LogP contribution is 2.81. The van der Waals surface area contributed by atoms with Gasteiger partial charge in [-0.3, -0.25) is 9.13 Å². The van der Waals surface area contributed by atoms with Gasteiger partial charge in [-0.05, 0) is 45.7 Å². The van der Waals surface area contributed by atoms with E-state index in [0.717, 1.165) is 11.1 Å². The molecule has 1 atom stereocenters. The molecule has 0 saturated heterocycles. The smallest absolute Gasteiger partial charge is 0.307 e. The summed E-state index contributed by atoms with van der Waals surface area (Å²) in [6.07, 6.45) is -0.0608. The average Bonchev–Trinajstić information content (AvgIpc) is 3.17. The monoisotopic (exact) mass is 476 g/mol. The number of thiocarbonyl (C=S) groups is 1. The molecule has 0 amide bonds. The first kappa shape index (κ1) is 25.5. The van der Waals surface area contributed by atoms with Crippen molar-refractivity contribution in [2.75, 3.05) is 26.4 Å². The van der Waals surface area contributed by atoms with Crippen molar-refractivity contribution < 1.29 is 27.2 Å². The molecule has 1 aromatic rings. The Hall–Kier alpha value is -0.790. The number of aryl methyl sites for hydroxylation is 1. The normalized spacial score (nSPS) is 18.6. The Morgan fingerprint density at radius 1 is 1.00 bits per heavy atom. The Morgan fingerprint density at radius 2 is 1.47 bits per heavy atom. The summed E-state index contributed by atoms with van der Waals surface area (Å²) in [4.78, 5) is 0.512. The van der Waals surface area contributed by atoms with Crippen molar-refractivity contribution in [1.82, 2.24) is 0 Å². The summed E-state index contributed by atoms with van der Waals surface area (Å²) >= 11 is 5.68. The van der Waals surface area contributed by atoms with E-state index in [0.29, 0.717) is 4.86 Å². The van der Waals surface area contributed by atoms with E-state index in [1.54, 1.807) is 27.7 Å². The highest BCUT2D eigenvalue weighted by Gasteiger charge is 2.69. The van der Waals surface area contributed by atoms with Gasteiger partial charge in [0.25, 0.3) is 5.02 Å². The quantitative estimate of drug-likeness (QED) is 0.204. The average molecular weight is 476 g/mol. The van der Waals surface area contributed by atoms with Crippen molar-refractivity contribution in [1.29, 1.82) is 0 Å². The second-order valence-corrected chi connectivity index (χ2v) is 11.8. The van der Waals surface area contributed by atoms with Crippen LogP contribution in [0.1, 0.15) is 45.2 Å². The van der Waals surface area contributed by atoms with Crippen molar-refractivity contribution >= 4 is 32.3 Å². The summed E-state index contributed by atoms with van der Waals surface area (Å²) in [6, 6.07) is 6.98. The fourth-order valence-corrected chi connectivity index (χ4v) is 9.03. The molecule has 1 heterocycles. The molecular weight excluding hydrogens is 446 g/mol. The summed E-state index contributed by atoms with van der Waals surface area (Å²) in [6.45, 7) is 8.91. The summed E-state index contributed by atoms with van der Waals surface area (Å²) in [7, 11) is -8.19. The molecule has 0 fully saturated rings. The van der Waals surface area contributed by atoms with E-state index >= 15 is 0 Å². The van der Waals surface area contributed by atoms with Gasteiger partial charge in [0.15, 0.2) is 0 Å². The number of benzene rings is 1. The molecule has 0 spiro atoms. The number of azo groups is 1. The maximum Gasteiger partial charge on any atom is 0.372 e. The summed E-state index contributed by atoms with van der Waals surface area (Å²) in [5.41, 5.74) is 1.81. The lowest BCUT2D eigenvalue weighted by Gasteiger charge is -2.36. The highest BCUT2D eigenvalue weighted by molar-refractivity contribution is 7.81. The van der Waals surface area contributed by atoms with Crippen molar-refractivity contribution in [2.45, 2.75) is 52.1 Å². The Morgan fingerprint density at radius 3 is 1.90 bits per heavy atom. The number of hydrogen-bond acceptors (Lipinski definition) is 9. The highest BCUT2D eigenvalue weighted by atomic mass is 32.1. The predicted molar refractivity (Wildman–Crippen MR) is 121 cm³/mol. The van der Waals surface area contributed by atoms with E-state index in [9.17, 15) is 9.13 Å². The third-order valence-electron chi connectivity index (χ3n) is 4.61. The molecule has 30 heavy (non-hydrogen) atoms. The topological polar surface area (TPSA) is 95.8 Å². The largest absolute Gasteiger partial charge is 0.372 e. The van der Waals surface area contributed by atoms with Gasteiger partial charge >= 0.3 is 15.2 Å². The molecule has 1 aliphatic rings. The zero-order chi connectivity index (χ0) is 22.4. The fraction of sp³-hybridized carbons (Fsp3) is 0.632. The van der Waals surface area contributed by atoms with E-state index in [1.165, 1.54) is 0 Å². The Bertz CT molecular complexity index is 828. The molecule has 0 aliphatic carbocycles. The minimum Gasteiger partial charge on any atom is -0.307 e. The first-order chi connectivity index (χ1) is 14.2. The van der Waals surface area contributed by atoms with E-state index in [2.05, 4.69) is 10.2 Å². The van der Waals surface area contributed by atoms with Crippen molar-refractivity contribution in [2.24, 2.45) is 10.2 Å². The molecule has 0 N–H and O–H groups in total. The van der Waals surface area contributed by atoms with Crippen LogP contribution in [-0.4, -0.2) is 42.4 Å². The Labute approximate surface area is 183 Å². The van der Waals surface area contributed by atoms with Gasteiger partial charge in [0.2, 0.25) is 0 Å². The van der Waals surface area contributed by atoms with Gasteiger partial charge in [-0.15, -0.1) is 0 Å². The molecule has 0 aromatic heterocycles. The van der Waals surface area contributed by atoms with Crippen LogP contribution in [0.15, 0.2) is 34.5 Å². The van der Waals surface area contributed by atoms with Gasteiger partial charge in [-0.1, -0.05) is 36.5 Å². The van der Waals surface area contributed by atoms with Crippen LogP contribution >= 0.6 is 27.4 Å². The molecule has 1 aliphatic heterocycles. The zero-order valence-electron chi connectivity index (χ0n) is 18.1. The number of rotatable bonds is 12. The fourth-order valence-electron chi connectivity index (χ4n) is 3.33. The van der Waals surface area contributed by atoms with Crippen LogP contribution in [0.5, 0.6) is 0 Å². The second kappa shape index (κ2) is 10.7. The summed E-state index contributed by atoms with van der Waals surface area (Å²) in [5, 5.41) is 6.62. The molecule has 168 valence electrons. The molecule has 2 rings (SSSR count). The third kappa shape index (κ3) is 4.68. The van der Waals surface area contributed by atoms with Gasteiger partial charge < -0.3 is 18.1 Å². The van der Waals surface area contributed by atoms with Gasteiger partial charge in [-0.2, -0.15) is 10.2 Å². The van der Waals surface area contributed by atoms with Gasteiger partial charge in [0, 0.05) is 11.3 Å². The van der Waals surface area contributed by atoms with Crippen LogP contribution in [0, 0.1) is 6.92 Å². The molecule has 0 saturated carbocycles. The standard InChI is InChI=1S/C19H30N2O6P2S/c1-6-24-28(22,25-7-2)19(29(23,26-8-3)27-9-4)14-17(20-21-19)18(30)16-13-11-10-12-15(16)5/h10-13,17H,6-9,14H2,1-5H3. The van der Waals surface area contributed by atoms with Crippen molar-refractivity contribution in [3.05, 3.63) is 35.4 Å². The minimum absolute atomic E-state index is 0.0608. The van der Waals surface area contributed by atoms with Gasteiger partial charge in [0.05, 0.1) is 26.4 Å². The molecule has 0 bridgehead atoms. The Kier molecular flexibility index (Phi) is 9.07. The Balaban J connectivity index is 2.58. The van der Waals surface area contributed by atoms with Crippen LogP contribution < -0.4 is 0 Å². The van der Waals surface area contributed by atoms with E-state index < -0.39 is 26.3 Å². The number of hydrogen-bond donors (Lipinski definition) is 0. The SMILES string of the molecule is CCOP(=O)(OCC)C1(P(=O)(OCC)OCC)CC(C(=S)c2ccccc2C)N=N1. The summed E-state index contributed by atoms with van der Waals surface area (Å²) < 4.78 is 50.1. The zero-order valence-corrected chi connectivity index (χ0v) is 20.7. The number of nitrogens with zero attached hydrogens (tertiary/aromatic N) is 2. The van der Waals surface area contributed by atoms with E-state index in [1.807, 2.05) is 31.2 Å². The lowest BCUT2D eigenvalue weighted by Crippen LogP contribution is -2.33. The van der Waals surface area contributed by atoms with Crippen molar-refractivity contribution in [3.8, 4) is 0 Å². The maximum atomic E-state index is 13.9. The first-order valence-corrected chi connectivity index (χ1v) is 13.5. The van der Waals surface area contributed by atoms with Crippen LogP contribution in [0.3, 0.4) is 0 Å². The molecule has 0 radical (unpaired) electrons. The molecule has 1 aromatic carbocycles. The van der Waals surface area contributed by atoms with Crippen molar-refractivity contribution in [3.63, 3.8) is 0 Å². The molecular formula is C19H30N2O6P2S. The molecule has 11 heteroatoms. The van der Waals surface area contributed by atoms with E-state index in [-0.39, 0.29) is 32.8 Å². The van der Waals surface area contributed by atoms with Crippen LogP contribution in [0.4, 0.5) is 0 Å². The van der Waals surface area contributed by atoms with E-state index in [4.69, 9.17) is 30.3 Å². The first-order valence-electron chi connectivity index (χ1n) is 10.0. The summed E-state index contributed by atoms with van der Waals surface area (Å²) in [5.74, 6) is 0. The minimum atomic E-state index is -4.09.